The Morgan fingerprint density at radius 3 is 2.75 bits per heavy atom. The van der Waals surface area contributed by atoms with Crippen molar-refractivity contribution >= 4 is 11.6 Å². The molecule has 0 saturated carbocycles. The van der Waals surface area contributed by atoms with Gasteiger partial charge in [-0.3, -0.25) is 4.79 Å². The first-order valence-electron chi connectivity index (χ1n) is 10.2. The lowest BCUT2D eigenvalue weighted by Crippen LogP contribution is -2.54. The fourth-order valence-corrected chi connectivity index (χ4v) is 4.89. The molecule has 0 aliphatic carbocycles. The van der Waals surface area contributed by atoms with Gasteiger partial charge in [-0.1, -0.05) is 25.1 Å². The van der Waals surface area contributed by atoms with Gasteiger partial charge in [0.1, 0.15) is 6.33 Å². The van der Waals surface area contributed by atoms with E-state index in [-0.39, 0.29) is 5.91 Å². The summed E-state index contributed by atoms with van der Waals surface area (Å²) in [6.07, 6.45) is 1.88. The van der Waals surface area contributed by atoms with E-state index < -0.39 is 23.3 Å². The third kappa shape index (κ3) is 2.93. The molecule has 32 heavy (non-hydrogen) atoms. The average molecular weight is 440 g/mol. The summed E-state index contributed by atoms with van der Waals surface area (Å²) in [4.78, 5) is 23.4. The Hall–Kier alpha value is -3.56. The number of halogens is 3. The van der Waals surface area contributed by atoms with Crippen LogP contribution in [-0.4, -0.2) is 28.6 Å². The molecule has 7 nitrogen and oxygen atoms in total. The topological polar surface area (TPSA) is 82.8 Å². The molecule has 164 valence electrons. The van der Waals surface area contributed by atoms with Gasteiger partial charge in [0.05, 0.1) is 40.8 Å². The molecular formula is C22H19F3N6O. The van der Waals surface area contributed by atoms with Crippen LogP contribution in [-0.2, 0) is 16.4 Å². The number of nitrogens with one attached hydrogen (secondary N) is 1. The summed E-state index contributed by atoms with van der Waals surface area (Å²) in [5, 5.41) is 11.5. The van der Waals surface area contributed by atoms with E-state index in [1.54, 1.807) is 29.6 Å². The zero-order valence-corrected chi connectivity index (χ0v) is 17.1. The number of amides is 1. The quantitative estimate of drug-likeness (QED) is 0.779. The number of azo groups is 1. The highest BCUT2D eigenvalue weighted by molar-refractivity contribution is 6.09. The summed E-state index contributed by atoms with van der Waals surface area (Å²) in [5.41, 5.74) is 0.847. The first-order chi connectivity index (χ1) is 15.4. The van der Waals surface area contributed by atoms with Crippen molar-refractivity contribution in [2.24, 2.45) is 10.2 Å². The van der Waals surface area contributed by atoms with Crippen LogP contribution >= 0.6 is 0 Å². The maximum atomic E-state index is 13.8. The van der Waals surface area contributed by atoms with Crippen molar-refractivity contribution in [3.8, 4) is 0 Å². The number of hydrogen-bond donors (Lipinski definition) is 1. The monoisotopic (exact) mass is 440 g/mol. The number of aromatic nitrogens is 2. The molecule has 2 atom stereocenters. The largest absolute Gasteiger partial charge is 0.416 e. The van der Waals surface area contributed by atoms with Gasteiger partial charge in [-0.15, -0.1) is 0 Å². The Kier molecular flexibility index (Phi) is 4.61. The van der Waals surface area contributed by atoms with Gasteiger partial charge in [-0.25, -0.2) is 9.97 Å². The highest BCUT2D eigenvalue weighted by Crippen LogP contribution is 2.51. The van der Waals surface area contributed by atoms with E-state index in [2.05, 4.69) is 25.5 Å². The summed E-state index contributed by atoms with van der Waals surface area (Å²) < 4.78 is 40.7. The minimum atomic E-state index is -4.50. The van der Waals surface area contributed by atoms with Crippen molar-refractivity contribution in [1.82, 2.24) is 15.3 Å². The highest BCUT2D eigenvalue weighted by atomic mass is 19.4. The van der Waals surface area contributed by atoms with Crippen molar-refractivity contribution < 1.29 is 18.0 Å². The molecule has 1 N–H and O–H groups in total. The van der Waals surface area contributed by atoms with Gasteiger partial charge in [0.15, 0.2) is 6.17 Å². The van der Waals surface area contributed by atoms with E-state index in [1.165, 1.54) is 12.4 Å². The third-order valence-electron chi connectivity index (χ3n) is 6.32. The lowest BCUT2D eigenvalue weighted by Gasteiger charge is -2.47. The van der Waals surface area contributed by atoms with Crippen molar-refractivity contribution in [1.29, 1.82) is 0 Å². The Morgan fingerprint density at radius 1 is 1.25 bits per heavy atom. The van der Waals surface area contributed by atoms with E-state index in [0.29, 0.717) is 47.5 Å². The Balaban J connectivity index is 1.72. The van der Waals surface area contributed by atoms with Crippen LogP contribution < -0.4 is 10.2 Å². The summed E-state index contributed by atoms with van der Waals surface area (Å²) in [5.74, 6) is -0.293. The number of carbonyl (C=O) groups excluding carboxylic acids is 1. The maximum Gasteiger partial charge on any atom is 0.416 e. The second-order valence-corrected chi connectivity index (χ2v) is 7.86. The van der Waals surface area contributed by atoms with Gasteiger partial charge < -0.3 is 10.2 Å². The number of alkyl halides is 3. The summed E-state index contributed by atoms with van der Waals surface area (Å²) in [6.45, 7) is 2.26. The minimum absolute atomic E-state index is 0.293. The first kappa shape index (κ1) is 20.3. The predicted molar refractivity (Wildman–Crippen MR) is 109 cm³/mol. The van der Waals surface area contributed by atoms with Crippen LogP contribution in [0.25, 0.3) is 0 Å². The molecule has 0 radical (unpaired) electrons. The zero-order valence-electron chi connectivity index (χ0n) is 17.1. The molecule has 0 fully saturated rings. The SMILES string of the molecule is CC[C@]1(c2cccc(C(F)(F)F)c2)C2=CN=NC2NC2=C1C(=O)N(c1cncnc1)CC2. The number of nitrogens with zero attached hydrogens (tertiary/aromatic N) is 5. The molecule has 3 aliphatic heterocycles. The van der Waals surface area contributed by atoms with Gasteiger partial charge >= 0.3 is 6.18 Å². The van der Waals surface area contributed by atoms with E-state index in [9.17, 15) is 18.0 Å². The summed E-state index contributed by atoms with van der Waals surface area (Å²) >= 11 is 0. The predicted octanol–water partition coefficient (Wildman–Crippen LogP) is 4.11. The number of benzene rings is 1. The van der Waals surface area contributed by atoms with Crippen molar-refractivity contribution in [2.75, 3.05) is 11.4 Å². The lowest BCUT2D eigenvalue weighted by molar-refractivity contribution is -0.137. The second-order valence-electron chi connectivity index (χ2n) is 7.86. The number of carbonyl (C=O) groups is 1. The number of hydrogen-bond acceptors (Lipinski definition) is 6. The van der Waals surface area contributed by atoms with Crippen molar-refractivity contribution in [2.45, 2.75) is 37.5 Å². The first-order valence-corrected chi connectivity index (χ1v) is 10.2. The van der Waals surface area contributed by atoms with Crippen LogP contribution in [0.4, 0.5) is 18.9 Å². The Morgan fingerprint density at radius 2 is 2.03 bits per heavy atom. The van der Waals surface area contributed by atoms with E-state index >= 15 is 0 Å². The fraction of sp³-hybridized carbons (Fsp3) is 0.318. The maximum absolute atomic E-state index is 13.8. The van der Waals surface area contributed by atoms with Gasteiger partial charge in [0.2, 0.25) is 0 Å². The molecule has 3 aliphatic rings. The molecule has 1 amide bonds. The standard InChI is InChI=1S/C22H19F3N6O/c1-2-21(13-4-3-5-14(8-13)22(23,24)25)16-11-28-30-19(16)29-17-6-7-31(20(32)18(17)21)15-9-26-12-27-10-15/h3-5,8-12,19,29H,2,6-7H2,1H3/t19?,21-/m0/s1. The Labute approximate surface area is 181 Å². The molecule has 4 heterocycles. The summed E-state index contributed by atoms with van der Waals surface area (Å²) in [7, 11) is 0. The van der Waals surface area contributed by atoms with Crippen LogP contribution in [0.1, 0.15) is 30.9 Å². The molecule has 1 unspecified atom stereocenters. The molecule has 1 aromatic heterocycles. The minimum Gasteiger partial charge on any atom is -0.362 e. The van der Waals surface area contributed by atoms with E-state index in [1.807, 2.05) is 6.92 Å². The van der Waals surface area contributed by atoms with E-state index in [4.69, 9.17) is 0 Å². The van der Waals surface area contributed by atoms with Gasteiger partial charge in [0.25, 0.3) is 5.91 Å². The number of rotatable bonds is 3. The van der Waals surface area contributed by atoms with Gasteiger partial charge in [-0.05, 0) is 18.1 Å². The second kappa shape index (κ2) is 7.25. The van der Waals surface area contributed by atoms with Crippen LogP contribution in [0.3, 0.4) is 0 Å². The molecule has 5 rings (SSSR count). The Bertz CT molecular complexity index is 1170. The van der Waals surface area contributed by atoms with Crippen molar-refractivity contribution in [3.63, 3.8) is 0 Å². The molecule has 0 bridgehead atoms. The lowest BCUT2D eigenvalue weighted by atomic mass is 9.62. The smallest absolute Gasteiger partial charge is 0.362 e. The highest BCUT2D eigenvalue weighted by Gasteiger charge is 2.53. The van der Waals surface area contributed by atoms with Crippen molar-refractivity contribution in [3.05, 3.63) is 77.2 Å². The third-order valence-corrected chi connectivity index (χ3v) is 6.32. The van der Waals surface area contributed by atoms with Crippen LogP contribution in [0.2, 0.25) is 0 Å². The summed E-state index contributed by atoms with van der Waals surface area (Å²) in [6, 6.07) is 5.19. The number of anilines is 1. The zero-order chi connectivity index (χ0) is 22.5. The van der Waals surface area contributed by atoms with Crippen LogP contribution in [0.15, 0.2) is 76.3 Å². The van der Waals surface area contributed by atoms with Crippen LogP contribution in [0.5, 0.6) is 0 Å². The molecule has 10 heteroatoms. The fourth-order valence-electron chi connectivity index (χ4n) is 4.89. The number of fused-ring (bicyclic) bond motifs is 1. The molecule has 1 aromatic carbocycles. The molecular weight excluding hydrogens is 421 g/mol. The molecule has 0 saturated heterocycles. The van der Waals surface area contributed by atoms with Crippen LogP contribution in [0, 0.1) is 0 Å². The molecule has 2 aromatic rings. The van der Waals surface area contributed by atoms with E-state index in [0.717, 1.165) is 12.1 Å². The average Bonchev–Trinajstić information content (AvgIpc) is 3.27. The van der Waals surface area contributed by atoms with Gasteiger partial charge in [0, 0.05) is 24.2 Å². The normalized spacial score (nSPS) is 24.8. The van der Waals surface area contributed by atoms with Gasteiger partial charge in [-0.2, -0.15) is 23.4 Å². The molecule has 0 spiro atoms.